The summed E-state index contributed by atoms with van der Waals surface area (Å²) in [6.07, 6.45) is 3.74. The van der Waals surface area contributed by atoms with Gasteiger partial charge in [0.05, 0.1) is 0 Å². The van der Waals surface area contributed by atoms with E-state index in [4.69, 9.17) is 0 Å². The van der Waals surface area contributed by atoms with Gasteiger partial charge in [-0.05, 0) is 67.2 Å². The third-order valence-electron chi connectivity index (χ3n) is 6.20. The molecule has 1 fully saturated rings. The second kappa shape index (κ2) is 11.8. The molecule has 2 aliphatic heterocycles. The van der Waals surface area contributed by atoms with Gasteiger partial charge in [0.2, 0.25) is 0 Å². The number of halogens is 1. The number of nitrogens with zero attached hydrogens (tertiary/aromatic N) is 3. The predicted octanol–water partition coefficient (Wildman–Crippen LogP) is 4.03. The highest BCUT2D eigenvalue weighted by Gasteiger charge is 2.31. The fourth-order valence-corrected chi connectivity index (χ4v) is 6.53. The average Bonchev–Trinajstić information content (AvgIpc) is 3.42. The molecule has 2 atom stereocenters. The SMILES string of the molecule is CN=C(NCCN1CCc2sccc2C1)NCC1CCCN(C)C1c1cccs1.I. The monoisotopic (exact) mass is 559 g/mol. The fourth-order valence-electron chi connectivity index (χ4n) is 4.66. The summed E-state index contributed by atoms with van der Waals surface area (Å²) in [6.45, 7) is 6.39. The summed E-state index contributed by atoms with van der Waals surface area (Å²) in [4.78, 5) is 12.6. The van der Waals surface area contributed by atoms with Gasteiger partial charge < -0.3 is 10.6 Å². The molecule has 4 heterocycles. The molecule has 166 valence electrons. The average molecular weight is 560 g/mol. The highest BCUT2D eigenvalue weighted by molar-refractivity contribution is 14.0. The first-order valence-corrected chi connectivity index (χ1v) is 12.5. The lowest BCUT2D eigenvalue weighted by atomic mass is 9.88. The summed E-state index contributed by atoms with van der Waals surface area (Å²) in [5, 5.41) is 11.5. The lowest BCUT2D eigenvalue weighted by molar-refractivity contribution is 0.125. The Morgan fingerprint density at radius 2 is 2.10 bits per heavy atom. The summed E-state index contributed by atoms with van der Waals surface area (Å²) < 4.78 is 0. The molecule has 0 aromatic carbocycles. The molecular weight excluding hydrogens is 525 g/mol. The van der Waals surface area contributed by atoms with Crippen LogP contribution in [0.15, 0.2) is 34.0 Å². The van der Waals surface area contributed by atoms with Crippen LogP contribution in [0.5, 0.6) is 0 Å². The van der Waals surface area contributed by atoms with E-state index in [9.17, 15) is 0 Å². The van der Waals surface area contributed by atoms with E-state index >= 15 is 0 Å². The summed E-state index contributed by atoms with van der Waals surface area (Å²) in [5.74, 6) is 1.54. The first-order valence-electron chi connectivity index (χ1n) is 10.7. The molecule has 2 aliphatic rings. The second-order valence-electron chi connectivity index (χ2n) is 8.12. The minimum absolute atomic E-state index is 0. The second-order valence-corrected chi connectivity index (χ2v) is 10.1. The van der Waals surface area contributed by atoms with Crippen molar-refractivity contribution in [1.29, 1.82) is 0 Å². The maximum Gasteiger partial charge on any atom is 0.191 e. The van der Waals surface area contributed by atoms with Gasteiger partial charge >= 0.3 is 0 Å². The van der Waals surface area contributed by atoms with Gasteiger partial charge in [0.15, 0.2) is 5.96 Å². The number of piperidine rings is 1. The van der Waals surface area contributed by atoms with Crippen molar-refractivity contribution in [1.82, 2.24) is 20.4 Å². The van der Waals surface area contributed by atoms with E-state index in [-0.39, 0.29) is 24.0 Å². The van der Waals surface area contributed by atoms with Gasteiger partial charge in [-0.25, -0.2) is 0 Å². The molecular formula is C22H34IN5S2. The van der Waals surface area contributed by atoms with E-state index in [1.807, 2.05) is 29.7 Å². The molecule has 1 saturated heterocycles. The maximum absolute atomic E-state index is 4.46. The van der Waals surface area contributed by atoms with Gasteiger partial charge in [-0.1, -0.05) is 6.07 Å². The van der Waals surface area contributed by atoms with Gasteiger partial charge in [0.1, 0.15) is 0 Å². The van der Waals surface area contributed by atoms with E-state index in [0.717, 1.165) is 38.7 Å². The van der Waals surface area contributed by atoms with Crippen LogP contribution < -0.4 is 10.6 Å². The minimum Gasteiger partial charge on any atom is -0.356 e. The number of thiophene rings is 2. The Morgan fingerprint density at radius 1 is 1.20 bits per heavy atom. The van der Waals surface area contributed by atoms with Gasteiger partial charge in [0.25, 0.3) is 0 Å². The zero-order valence-electron chi connectivity index (χ0n) is 18.0. The minimum atomic E-state index is 0. The third-order valence-corrected chi connectivity index (χ3v) is 8.17. The molecule has 2 unspecified atom stereocenters. The highest BCUT2D eigenvalue weighted by atomic mass is 127. The number of rotatable bonds is 6. The predicted molar refractivity (Wildman–Crippen MR) is 140 cm³/mol. The van der Waals surface area contributed by atoms with Crippen LogP contribution in [0.25, 0.3) is 0 Å². The number of likely N-dealkylation sites (tertiary alicyclic amines) is 1. The normalized spacial score (nSPS) is 22.9. The molecule has 0 radical (unpaired) electrons. The zero-order valence-corrected chi connectivity index (χ0v) is 21.9. The van der Waals surface area contributed by atoms with Crippen molar-refractivity contribution in [2.45, 2.75) is 31.8 Å². The van der Waals surface area contributed by atoms with Crippen molar-refractivity contribution < 1.29 is 0 Å². The summed E-state index contributed by atoms with van der Waals surface area (Å²) in [6, 6.07) is 7.26. The molecule has 4 rings (SSSR count). The number of guanidine groups is 1. The van der Waals surface area contributed by atoms with Crippen LogP contribution in [0, 0.1) is 5.92 Å². The summed E-state index contributed by atoms with van der Waals surface area (Å²) in [5.41, 5.74) is 1.52. The number of hydrogen-bond acceptors (Lipinski definition) is 5. The Morgan fingerprint density at radius 3 is 2.90 bits per heavy atom. The molecule has 0 saturated carbocycles. The van der Waals surface area contributed by atoms with Gasteiger partial charge in [-0.3, -0.25) is 14.8 Å². The lowest BCUT2D eigenvalue weighted by Gasteiger charge is -2.39. The van der Waals surface area contributed by atoms with Crippen LogP contribution in [0.1, 0.15) is 34.2 Å². The van der Waals surface area contributed by atoms with Crippen LogP contribution in [0.2, 0.25) is 0 Å². The van der Waals surface area contributed by atoms with Crippen molar-refractivity contribution in [3.63, 3.8) is 0 Å². The standard InChI is InChI=1S/C22H33N5S2.HI/c1-23-22(24-9-12-27-11-7-19-18(16-27)8-14-29-19)25-15-17-5-3-10-26(2)21(17)20-6-4-13-28-20;/h4,6,8,13-14,17,21H,3,5,7,9-12,15-16H2,1-2H3,(H2,23,24,25);1H. The van der Waals surface area contributed by atoms with E-state index < -0.39 is 0 Å². The first-order chi connectivity index (χ1) is 14.2. The third kappa shape index (κ3) is 5.97. The molecule has 30 heavy (non-hydrogen) atoms. The van der Waals surface area contributed by atoms with Crippen molar-refractivity contribution >= 4 is 52.6 Å². The number of hydrogen-bond donors (Lipinski definition) is 2. The van der Waals surface area contributed by atoms with Crippen LogP contribution in [-0.2, 0) is 13.0 Å². The highest BCUT2D eigenvalue weighted by Crippen LogP contribution is 2.36. The maximum atomic E-state index is 4.46. The molecule has 0 spiro atoms. The van der Waals surface area contributed by atoms with Crippen molar-refractivity contribution in [2.75, 3.05) is 46.8 Å². The molecule has 0 aliphatic carbocycles. The van der Waals surface area contributed by atoms with Crippen LogP contribution in [0.4, 0.5) is 0 Å². The Balaban J connectivity index is 0.00000256. The molecule has 2 N–H and O–H groups in total. The van der Waals surface area contributed by atoms with Crippen molar-refractivity contribution in [2.24, 2.45) is 10.9 Å². The molecule has 0 bridgehead atoms. The van der Waals surface area contributed by atoms with Crippen molar-refractivity contribution in [3.05, 3.63) is 44.3 Å². The van der Waals surface area contributed by atoms with Crippen molar-refractivity contribution in [3.8, 4) is 0 Å². The Hall–Kier alpha value is -0.680. The first kappa shape index (κ1) is 24.0. The van der Waals surface area contributed by atoms with Gasteiger partial charge in [-0.2, -0.15) is 0 Å². The summed E-state index contributed by atoms with van der Waals surface area (Å²) in [7, 11) is 4.14. The Kier molecular flexibility index (Phi) is 9.43. The molecule has 0 amide bonds. The number of aliphatic imine (C=N–C) groups is 1. The molecule has 2 aromatic heterocycles. The molecule has 5 nitrogen and oxygen atoms in total. The molecule has 2 aromatic rings. The van der Waals surface area contributed by atoms with Crippen LogP contribution in [-0.4, -0.2) is 62.6 Å². The van der Waals surface area contributed by atoms with E-state index in [0.29, 0.717) is 12.0 Å². The quantitative estimate of drug-likeness (QED) is 0.319. The molecule has 8 heteroatoms. The van der Waals surface area contributed by atoms with E-state index in [1.165, 1.54) is 36.2 Å². The fraction of sp³-hybridized carbons (Fsp3) is 0.591. The Bertz CT molecular complexity index is 791. The topological polar surface area (TPSA) is 42.9 Å². The van der Waals surface area contributed by atoms with Gasteiger partial charge in [0, 0.05) is 55.6 Å². The van der Waals surface area contributed by atoms with Gasteiger partial charge in [-0.15, -0.1) is 46.7 Å². The zero-order chi connectivity index (χ0) is 20.1. The largest absolute Gasteiger partial charge is 0.356 e. The van der Waals surface area contributed by atoms with E-state index in [1.54, 1.807) is 4.88 Å². The number of fused-ring (bicyclic) bond motifs is 1. The smallest absolute Gasteiger partial charge is 0.191 e. The number of nitrogens with one attached hydrogen (secondary N) is 2. The lowest BCUT2D eigenvalue weighted by Crippen LogP contribution is -2.46. The van der Waals surface area contributed by atoms with E-state index in [2.05, 4.69) is 61.4 Å². The van der Waals surface area contributed by atoms with Crippen LogP contribution >= 0.6 is 46.7 Å². The summed E-state index contributed by atoms with van der Waals surface area (Å²) >= 11 is 3.79. The van der Waals surface area contributed by atoms with Crippen LogP contribution in [0.3, 0.4) is 0 Å². The Labute approximate surface area is 206 Å².